The standard InChI is InChI=1S/C20H23N3O3S2/c1-12(9-26-3)21-18(24)13(2)27-11-16-22-19(25)17-15(10-28-20(17)23-16)14-7-5-4-6-8-14/h4-8,10,12-13H,9,11H2,1-3H3,(H,21,24)(H,22,23,25)/t12-,13-/m1/s1. The van der Waals surface area contributed by atoms with E-state index in [0.29, 0.717) is 28.4 Å². The first-order valence-electron chi connectivity index (χ1n) is 8.96. The fraction of sp³-hybridized carbons (Fsp3) is 0.350. The van der Waals surface area contributed by atoms with Crippen molar-refractivity contribution in [2.75, 3.05) is 13.7 Å². The van der Waals surface area contributed by atoms with Crippen LogP contribution < -0.4 is 10.9 Å². The number of thioether (sulfide) groups is 1. The van der Waals surface area contributed by atoms with Crippen LogP contribution in [0, 0.1) is 0 Å². The molecule has 0 spiro atoms. The Morgan fingerprint density at radius 3 is 2.79 bits per heavy atom. The van der Waals surface area contributed by atoms with Gasteiger partial charge in [0.2, 0.25) is 5.91 Å². The van der Waals surface area contributed by atoms with E-state index in [-0.39, 0.29) is 22.8 Å². The van der Waals surface area contributed by atoms with Gasteiger partial charge in [-0.05, 0) is 19.4 Å². The highest BCUT2D eigenvalue weighted by atomic mass is 32.2. The molecule has 8 heteroatoms. The van der Waals surface area contributed by atoms with E-state index in [1.165, 1.54) is 23.1 Å². The number of amides is 1. The minimum absolute atomic E-state index is 0.0441. The Bertz CT molecular complexity index is 1000. The van der Waals surface area contributed by atoms with Crippen molar-refractivity contribution in [1.29, 1.82) is 0 Å². The van der Waals surface area contributed by atoms with E-state index in [2.05, 4.69) is 15.3 Å². The fourth-order valence-corrected chi connectivity index (χ4v) is 4.55. The molecule has 3 aromatic rings. The summed E-state index contributed by atoms with van der Waals surface area (Å²) in [5, 5.41) is 5.22. The number of hydrogen-bond acceptors (Lipinski definition) is 6. The predicted octanol–water partition coefficient (Wildman–Crippen LogP) is 3.42. The second-order valence-electron chi connectivity index (χ2n) is 6.53. The highest BCUT2D eigenvalue weighted by molar-refractivity contribution is 7.99. The van der Waals surface area contributed by atoms with Crippen LogP contribution in [-0.4, -0.2) is 40.9 Å². The van der Waals surface area contributed by atoms with Gasteiger partial charge in [0.1, 0.15) is 10.7 Å². The number of nitrogens with one attached hydrogen (secondary N) is 2. The Hall–Kier alpha value is -2.16. The molecule has 2 aromatic heterocycles. The number of thiophene rings is 1. The van der Waals surface area contributed by atoms with E-state index in [9.17, 15) is 9.59 Å². The third-order valence-corrected chi connectivity index (χ3v) is 6.25. The maximum absolute atomic E-state index is 12.7. The molecule has 2 heterocycles. The number of hydrogen-bond donors (Lipinski definition) is 2. The maximum atomic E-state index is 12.7. The van der Waals surface area contributed by atoms with E-state index in [1.807, 2.05) is 49.6 Å². The molecule has 0 bridgehead atoms. The number of benzene rings is 1. The van der Waals surface area contributed by atoms with Gasteiger partial charge in [-0.25, -0.2) is 4.98 Å². The average molecular weight is 418 g/mol. The van der Waals surface area contributed by atoms with Crippen LogP contribution in [0.5, 0.6) is 0 Å². The molecule has 0 fully saturated rings. The Labute approximate surface area is 171 Å². The largest absolute Gasteiger partial charge is 0.383 e. The first-order chi connectivity index (χ1) is 13.5. The second-order valence-corrected chi connectivity index (χ2v) is 8.71. The summed E-state index contributed by atoms with van der Waals surface area (Å²) in [6.07, 6.45) is 0. The van der Waals surface area contributed by atoms with Crippen molar-refractivity contribution >= 4 is 39.2 Å². The minimum atomic E-state index is -0.261. The van der Waals surface area contributed by atoms with Crippen LogP contribution in [0.4, 0.5) is 0 Å². The van der Waals surface area contributed by atoms with Crippen LogP contribution in [0.15, 0.2) is 40.5 Å². The number of carbonyl (C=O) groups is 1. The monoisotopic (exact) mass is 417 g/mol. The molecule has 1 aromatic carbocycles. The molecule has 0 saturated heterocycles. The van der Waals surface area contributed by atoms with Crippen LogP contribution >= 0.6 is 23.1 Å². The summed E-state index contributed by atoms with van der Waals surface area (Å²) in [6, 6.07) is 9.77. The molecule has 3 rings (SSSR count). The molecule has 0 aliphatic rings. The number of methoxy groups -OCH3 is 1. The Balaban J connectivity index is 1.71. The maximum Gasteiger partial charge on any atom is 0.260 e. The number of ether oxygens (including phenoxy) is 1. The van der Waals surface area contributed by atoms with Crippen LogP contribution in [0.3, 0.4) is 0 Å². The molecule has 28 heavy (non-hydrogen) atoms. The van der Waals surface area contributed by atoms with Crippen molar-refractivity contribution < 1.29 is 9.53 Å². The van der Waals surface area contributed by atoms with Crippen molar-refractivity contribution in [3.63, 3.8) is 0 Å². The lowest BCUT2D eigenvalue weighted by atomic mass is 10.1. The first-order valence-corrected chi connectivity index (χ1v) is 10.9. The fourth-order valence-electron chi connectivity index (χ4n) is 2.82. The zero-order chi connectivity index (χ0) is 20.1. The lowest BCUT2D eigenvalue weighted by molar-refractivity contribution is -0.121. The average Bonchev–Trinajstić information content (AvgIpc) is 3.11. The predicted molar refractivity (Wildman–Crippen MR) is 116 cm³/mol. The van der Waals surface area contributed by atoms with Crippen LogP contribution in [0.25, 0.3) is 21.3 Å². The van der Waals surface area contributed by atoms with E-state index in [1.54, 1.807) is 7.11 Å². The number of fused-ring (bicyclic) bond motifs is 1. The third-order valence-electron chi connectivity index (χ3n) is 4.22. The van der Waals surface area contributed by atoms with Crippen molar-refractivity contribution in [3.05, 3.63) is 51.9 Å². The van der Waals surface area contributed by atoms with Gasteiger partial charge in [0.25, 0.3) is 5.56 Å². The molecule has 148 valence electrons. The topological polar surface area (TPSA) is 84.1 Å². The Kier molecular flexibility index (Phi) is 6.88. The van der Waals surface area contributed by atoms with E-state index >= 15 is 0 Å². The summed E-state index contributed by atoms with van der Waals surface area (Å²) in [5.74, 6) is 0.978. The summed E-state index contributed by atoms with van der Waals surface area (Å²) >= 11 is 2.90. The van der Waals surface area contributed by atoms with Gasteiger partial charge in [-0.15, -0.1) is 23.1 Å². The normalized spacial score (nSPS) is 13.4. The van der Waals surface area contributed by atoms with E-state index in [0.717, 1.165) is 11.1 Å². The molecule has 6 nitrogen and oxygen atoms in total. The number of aromatic nitrogens is 2. The van der Waals surface area contributed by atoms with Gasteiger partial charge in [-0.2, -0.15) is 0 Å². The van der Waals surface area contributed by atoms with Gasteiger partial charge in [0, 0.05) is 24.1 Å². The van der Waals surface area contributed by atoms with Gasteiger partial charge in [-0.3, -0.25) is 9.59 Å². The van der Waals surface area contributed by atoms with Gasteiger partial charge >= 0.3 is 0 Å². The molecule has 2 atom stereocenters. The molecule has 0 aliphatic carbocycles. The lowest BCUT2D eigenvalue weighted by Crippen LogP contribution is -2.40. The number of H-pyrrole nitrogens is 1. The molecule has 0 aliphatic heterocycles. The number of aromatic amines is 1. The summed E-state index contributed by atoms with van der Waals surface area (Å²) in [7, 11) is 1.60. The van der Waals surface area contributed by atoms with Crippen molar-refractivity contribution in [1.82, 2.24) is 15.3 Å². The van der Waals surface area contributed by atoms with Gasteiger partial charge in [0.05, 0.1) is 23.0 Å². The SMILES string of the molecule is COC[C@@H](C)NC(=O)[C@@H](C)SCc1nc2scc(-c3ccccc3)c2c(=O)[nH]1. The van der Waals surface area contributed by atoms with Crippen LogP contribution in [-0.2, 0) is 15.3 Å². The van der Waals surface area contributed by atoms with E-state index in [4.69, 9.17) is 4.74 Å². The van der Waals surface area contributed by atoms with Gasteiger partial charge in [-0.1, -0.05) is 30.3 Å². The zero-order valence-corrected chi connectivity index (χ0v) is 17.7. The third kappa shape index (κ3) is 4.81. The molecule has 1 amide bonds. The van der Waals surface area contributed by atoms with Crippen LogP contribution in [0.2, 0.25) is 0 Å². The number of nitrogens with zero attached hydrogens (tertiary/aromatic N) is 1. The van der Waals surface area contributed by atoms with Crippen molar-refractivity contribution in [2.45, 2.75) is 30.9 Å². The summed E-state index contributed by atoms with van der Waals surface area (Å²) < 4.78 is 5.03. The van der Waals surface area contributed by atoms with E-state index < -0.39 is 0 Å². The lowest BCUT2D eigenvalue weighted by Gasteiger charge is -2.16. The van der Waals surface area contributed by atoms with Crippen LogP contribution in [0.1, 0.15) is 19.7 Å². The summed E-state index contributed by atoms with van der Waals surface area (Å²) in [6.45, 7) is 4.21. The molecule has 0 saturated carbocycles. The smallest absolute Gasteiger partial charge is 0.260 e. The van der Waals surface area contributed by atoms with Gasteiger partial charge < -0.3 is 15.0 Å². The number of carbonyl (C=O) groups excluding carboxylic acids is 1. The van der Waals surface area contributed by atoms with Crippen molar-refractivity contribution in [2.24, 2.45) is 0 Å². The quantitative estimate of drug-likeness (QED) is 0.587. The second kappa shape index (κ2) is 9.36. The Morgan fingerprint density at radius 2 is 2.07 bits per heavy atom. The van der Waals surface area contributed by atoms with Crippen molar-refractivity contribution in [3.8, 4) is 11.1 Å². The zero-order valence-electron chi connectivity index (χ0n) is 16.0. The molecule has 0 unspecified atom stereocenters. The highest BCUT2D eigenvalue weighted by Crippen LogP contribution is 2.30. The first kappa shape index (κ1) is 20.6. The van der Waals surface area contributed by atoms with Gasteiger partial charge in [0.15, 0.2) is 0 Å². The Morgan fingerprint density at radius 1 is 1.32 bits per heavy atom. The number of rotatable bonds is 8. The summed E-state index contributed by atoms with van der Waals surface area (Å²) in [5.41, 5.74) is 1.75. The minimum Gasteiger partial charge on any atom is -0.383 e. The molecular formula is C20H23N3O3S2. The summed E-state index contributed by atoms with van der Waals surface area (Å²) in [4.78, 5) is 33.0. The molecular weight excluding hydrogens is 394 g/mol. The molecule has 0 radical (unpaired) electrons. The molecule has 2 N–H and O–H groups in total. The highest BCUT2D eigenvalue weighted by Gasteiger charge is 2.17.